The molecule has 0 saturated heterocycles. The number of benzene rings is 1. The molecule has 0 unspecified atom stereocenters. The van der Waals surface area contributed by atoms with E-state index in [1.165, 1.54) is 6.07 Å². The van der Waals surface area contributed by atoms with Crippen LogP contribution in [-0.2, 0) is 6.42 Å². The summed E-state index contributed by atoms with van der Waals surface area (Å²) in [6, 6.07) is 6.37. The van der Waals surface area contributed by atoms with Crippen molar-refractivity contribution < 1.29 is 13.5 Å². The van der Waals surface area contributed by atoms with Crippen LogP contribution in [0.15, 0.2) is 28.7 Å². The molecular formula is C14H12BrClF2N2O. The van der Waals surface area contributed by atoms with E-state index in [1.54, 1.807) is 18.2 Å². The van der Waals surface area contributed by atoms with E-state index in [4.69, 9.17) is 11.6 Å². The van der Waals surface area contributed by atoms with Gasteiger partial charge in [-0.25, -0.2) is 9.97 Å². The first-order chi connectivity index (χ1) is 10.0. The lowest BCUT2D eigenvalue weighted by molar-refractivity contribution is -0.0494. The van der Waals surface area contributed by atoms with Gasteiger partial charge in [-0.3, -0.25) is 0 Å². The SMILES string of the molecule is CCCc1nc(-c2ccccc2OC(F)F)nc(Cl)c1Br. The molecule has 0 bridgehead atoms. The average Bonchev–Trinajstić information content (AvgIpc) is 2.44. The van der Waals surface area contributed by atoms with Crippen LogP contribution in [0.2, 0.25) is 5.15 Å². The molecule has 0 aliphatic heterocycles. The third-order valence-electron chi connectivity index (χ3n) is 2.71. The van der Waals surface area contributed by atoms with Crippen LogP contribution in [0.5, 0.6) is 5.75 Å². The van der Waals surface area contributed by atoms with Crippen molar-refractivity contribution >= 4 is 27.5 Å². The van der Waals surface area contributed by atoms with Crippen molar-refractivity contribution in [2.45, 2.75) is 26.4 Å². The predicted octanol–water partition coefficient (Wildman–Crippen LogP) is 5.11. The Kier molecular flexibility index (Phi) is 5.47. The number of para-hydroxylation sites is 1. The van der Waals surface area contributed by atoms with Crippen LogP contribution in [0.25, 0.3) is 11.4 Å². The molecule has 112 valence electrons. The monoisotopic (exact) mass is 376 g/mol. The Balaban J connectivity index is 2.51. The van der Waals surface area contributed by atoms with Gasteiger partial charge in [-0.05, 0) is 34.5 Å². The number of aryl methyl sites for hydroxylation is 1. The summed E-state index contributed by atoms with van der Waals surface area (Å²) in [6.45, 7) is -0.900. The molecule has 21 heavy (non-hydrogen) atoms. The number of hydrogen-bond acceptors (Lipinski definition) is 3. The highest BCUT2D eigenvalue weighted by molar-refractivity contribution is 9.10. The topological polar surface area (TPSA) is 35.0 Å². The number of nitrogens with zero attached hydrogens (tertiary/aromatic N) is 2. The van der Waals surface area contributed by atoms with E-state index in [2.05, 4.69) is 30.6 Å². The van der Waals surface area contributed by atoms with Crippen LogP contribution < -0.4 is 4.74 Å². The number of aromatic nitrogens is 2. The van der Waals surface area contributed by atoms with Crippen LogP contribution >= 0.6 is 27.5 Å². The van der Waals surface area contributed by atoms with Gasteiger partial charge in [-0.15, -0.1) is 0 Å². The maximum Gasteiger partial charge on any atom is 0.387 e. The van der Waals surface area contributed by atoms with Gasteiger partial charge >= 0.3 is 6.61 Å². The van der Waals surface area contributed by atoms with E-state index in [9.17, 15) is 8.78 Å². The van der Waals surface area contributed by atoms with Crippen LogP contribution in [-0.4, -0.2) is 16.6 Å². The van der Waals surface area contributed by atoms with Crippen LogP contribution in [0.3, 0.4) is 0 Å². The highest BCUT2D eigenvalue weighted by Crippen LogP contribution is 2.32. The van der Waals surface area contributed by atoms with Crippen LogP contribution in [0.4, 0.5) is 8.78 Å². The Morgan fingerprint density at radius 1 is 1.29 bits per heavy atom. The van der Waals surface area contributed by atoms with Crippen molar-refractivity contribution in [3.8, 4) is 17.1 Å². The number of rotatable bonds is 5. The fourth-order valence-corrected chi connectivity index (χ4v) is 2.40. The lowest BCUT2D eigenvalue weighted by Crippen LogP contribution is -2.05. The minimum atomic E-state index is -2.91. The first-order valence-corrected chi connectivity index (χ1v) is 7.46. The molecule has 0 radical (unpaired) electrons. The van der Waals surface area contributed by atoms with Crippen molar-refractivity contribution in [2.75, 3.05) is 0 Å². The zero-order valence-electron chi connectivity index (χ0n) is 11.1. The lowest BCUT2D eigenvalue weighted by Gasteiger charge is -2.11. The first-order valence-electron chi connectivity index (χ1n) is 6.29. The van der Waals surface area contributed by atoms with E-state index >= 15 is 0 Å². The minimum Gasteiger partial charge on any atom is -0.434 e. The quantitative estimate of drug-likeness (QED) is 0.679. The molecule has 1 heterocycles. The fraction of sp³-hybridized carbons (Fsp3) is 0.286. The predicted molar refractivity (Wildman–Crippen MR) is 80.8 cm³/mol. The largest absolute Gasteiger partial charge is 0.434 e. The molecule has 1 aromatic carbocycles. The van der Waals surface area contributed by atoms with Crippen molar-refractivity contribution in [1.82, 2.24) is 9.97 Å². The third-order valence-corrected chi connectivity index (χ3v) is 4.05. The molecule has 0 amide bonds. The van der Waals surface area contributed by atoms with Crippen molar-refractivity contribution in [1.29, 1.82) is 0 Å². The summed E-state index contributed by atoms with van der Waals surface area (Å²) in [6.07, 6.45) is 1.58. The van der Waals surface area contributed by atoms with Crippen LogP contribution in [0.1, 0.15) is 19.0 Å². The fourth-order valence-electron chi connectivity index (χ4n) is 1.84. The zero-order chi connectivity index (χ0) is 15.4. The van der Waals surface area contributed by atoms with Crippen molar-refractivity contribution in [3.63, 3.8) is 0 Å². The Hall–Kier alpha value is -1.27. The molecule has 1 aromatic heterocycles. The van der Waals surface area contributed by atoms with Gasteiger partial charge in [0.05, 0.1) is 15.7 Å². The Morgan fingerprint density at radius 3 is 2.67 bits per heavy atom. The summed E-state index contributed by atoms with van der Waals surface area (Å²) in [4.78, 5) is 8.53. The summed E-state index contributed by atoms with van der Waals surface area (Å²) in [5.41, 5.74) is 1.11. The highest BCUT2D eigenvalue weighted by atomic mass is 79.9. The van der Waals surface area contributed by atoms with Gasteiger partial charge in [0.25, 0.3) is 0 Å². The number of hydrogen-bond donors (Lipinski definition) is 0. The Labute approximate surface area is 134 Å². The summed E-state index contributed by atoms with van der Waals surface area (Å²) < 4.78 is 30.1. The third kappa shape index (κ3) is 3.89. The number of halogens is 4. The summed E-state index contributed by atoms with van der Waals surface area (Å²) in [7, 11) is 0. The van der Waals surface area contributed by atoms with Crippen molar-refractivity contribution in [2.24, 2.45) is 0 Å². The van der Waals surface area contributed by atoms with Crippen LogP contribution in [0, 0.1) is 0 Å². The van der Waals surface area contributed by atoms with Gasteiger partial charge in [0.1, 0.15) is 10.9 Å². The molecular weight excluding hydrogens is 366 g/mol. The van der Waals surface area contributed by atoms with Gasteiger partial charge in [-0.2, -0.15) is 8.78 Å². The molecule has 0 aliphatic rings. The van der Waals surface area contributed by atoms with Gasteiger partial charge in [0.2, 0.25) is 0 Å². The van der Waals surface area contributed by atoms with Gasteiger partial charge in [0, 0.05) is 0 Å². The van der Waals surface area contributed by atoms with E-state index in [1.807, 2.05) is 6.92 Å². The van der Waals surface area contributed by atoms with Gasteiger partial charge in [0.15, 0.2) is 5.82 Å². The number of ether oxygens (including phenoxy) is 1. The summed E-state index contributed by atoms with van der Waals surface area (Å²) in [5, 5.41) is 0.246. The van der Waals surface area contributed by atoms with E-state index in [0.29, 0.717) is 16.5 Å². The first kappa shape index (κ1) is 16.1. The molecule has 0 spiro atoms. The standard InChI is InChI=1S/C14H12BrClF2N2O/c1-2-5-9-11(15)12(16)20-13(19-9)8-6-3-4-7-10(8)21-14(17)18/h3-4,6-7,14H,2,5H2,1H3. The molecule has 0 saturated carbocycles. The van der Waals surface area contributed by atoms with E-state index < -0.39 is 6.61 Å². The Morgan fingerprint density at radius 2 is 2.00 bits per heavy atom. The summed E-state index contributed by atoms with van der Waals surface area (Å²) in [5.74, 6) is 0.288. The second-order valence-corrected chi connectivity index (χ2v) is 5.37. The second kappa shape index (κ2) is 7.13. The molecule has 0 fully saturated rings. The van der Waals surface area contributed by atoms with Gasteiger partial charge in [-0.1, -0.05) is 37.1 Å². The van der Waals surface area contributed by atoms with E-state index in [0.717, 1.165) is 12.1 Å². The normalized spacial score (nSPS) is 11.0. The van der Waals surface area contributed by atoms with Gasteiger partial charge < -0.3 is 4.74 Å². The molecule has 2 rings (SSSR count). The number of alkyl halides is 2. The zero-order valence-corrected chi connectivity index (χ0v) is 13.5. The molecule has 2 aromatic rings. The molecule has 0 N–H and O–H groups in total. The molecule has 3 nitrogen and oxygen atoms in total. The minimum absolute atomic E-state index is 0.0216. The Bertz CT molecular complexity index is 640. The van der Waals surface area contributed by atoms with Crippen molar-refractivity contribution in [3.05, 3.63) is 39.6 Å². The molecule has 7 heteroatoms. The lowest BCUT2D eigenvalue weighted by atomic mass is 10.1. The maximum absolute atomic E-state index is 12.5. The second-order valence-electron chi connectivity index (χ2n) is 4.22. The molecule has 0 atom stereocenters. The van der Waals surface area contributed by atoms with E-state index in [-0.39, 0.29) is 16.7 Å². The maximum atomic E-state index is 12.5. The molecule has 0 aliphatic carbocycles. The highest BCUT2D eigenvalue weighted by Gasteiger charge is 2.16. The summed E-state index contributed by atoms with van der Waals surface area (Å²) >= 11 is 9.41. The smallest absolute Gasteiger partial charge is 0.387 e. The average molecular weight is 378 g/mol.